The first kappa shape index (κ1) is 24.3. The zero-order valence-electron chi connectivity index (χ0n) is 17.8. The van der Waals surface area contributed by atoms with Crippen molar-refractivity contribution in [2.45, 2.75) is 17.1 Å². The van der Waals surface area contributed by atoms with Gasteiger partial charge in [-0.2, -0.15) is 17.5 Å². The van der Waals surface area contributed by atoms with Gasteiger partial charge >= 0.3 is 6.18 Å². The molecule has 3 aromatic rings. The minimum atomic E-state index is -4.65. The summed E-state index contributed by atoms with van der Waals surface area (Å²) in [7, 11) is -4.13. The van der Waals surface area contributed by atoms with E-state index in [1.54, 1.807) is 24.3 Å². The van der Waals surface area contributed by atoms with Crippen molar-refractivity contribution in [1.29, 1.82) is 0 Å². The molecule has 1 fully saturated rings. The van der Waals surface area contributed by atoms with Gasteiger partial charge in [-0.1, -0.05) is 30.3 Å². The number of benzene rings is 3. The zero-order valence-corrected chi connectivity index (χ0v) is 18.7. The van der Waals surface area contributed by atoms with Crippen LogP contribution in [0.15, 0.2) is 77.7 Å². The van der Waals surface area contributed by atoms with E-state index in [0.29, 0.717) is 6.07 Å². The molecule has 10 heteroatoms. The summed E-state index contributed by atoms with van der Waals surface area (Å²) >= 11 is 0. The van der Waals surface area contributed by atoms with Crippen molar-refractivity contribution in [3.8, 4) is 0 Å². The second-order valence-corrected chi connectivity index (χ2v) is 9.91. The average molecular weight is 497 g/mol. The Hall–Kier alpha value is -2.82. The Labute approximate surface area is 194 Å². The molecule has 4 nitrogen and oxygen atoms in total. The van der Waals surface area contributed by atoms with Crippen molar-refractivity contribution in [2.75, 3.05) is 26.2 Å². The molecular formula is C24H21F5N2O2S. The Kier molecular flexibility index (Phi) is 6.75. The smallest absolute Gasteiger partial charge is 0.290 e. The summed E-state index contributed by atoms with van der Waals surface area (Å²) in [6.45, 7) is 0.657. The molecule has 1 heterocycles. The van der Waals surface area contributed by atoms with Crippen LogP contribution in [0.1, 0.15) is 22.7 Å². The summed E-state index contributed by atoms with van der Waals surface area (Å²) < 4.78 is 93.3. The van der Waals surface area contributed by atoms with E-state index in [2.05, 4.69) is 0 Å². The first-order valence-corrected chi connectivity index (χ1v) is 11.9. The SMILES string of the molecule is O=S(=O)(c1cccc(C(F)(F)F)c1)N1CCN(C(c2ccc(F)cc2)c2ccc(F)cc2)CC1. The van der Waals surface area contributed by atoms with E-state index < -0.39 is 38.3 Å². The molecule has 0 N–H and O–H groups in total. The third kappa shape index (κ3) is 5.13. The Bertz CT molecular complexity index is 1190. The van der Waals surface area contributed by atoms with Crippen molar-refractivity contribution in [3.63, 3.8) is 0 Å². The number of rotatable bonds is 5. The van der Waals surface area contributed by atoms with Crippen LogP contribution < -0.4 is 0 Å². The third-order valence-corrected chi connectivity index (χ3v) is 7.70. The van der Waals surface area contributed by atoms with E-state index in [1.807, 2.05) is 4.90 Å². The summed E-state index contributed by atoms with van der Waals surface area (Å²) in [6, 6.07) is 15.1. The monoisotopic (exact) mass is 496 g/mol. The molecule has 0 spiro atoms. The van der Waals surface area contributed by atoms with Crippen LogP contribution in [0.4, 0.5) is 22.0 Å². The standard InChI is InChI=1S/C24H21F5N2O2S/c25-20-8-4-17(5-9-20)23(18-6-10-21(26)11-7-18)30-12-14-31(15-13-30)34(32,33)22-3-1-2-19(16-22)24(27,28)29/h1-11,16,23H,12-15H2. The van der Waals surface area contributed by atoms with Crippen molar-refractivity contribution in [1.82, 2.24) is 9.21 Å². The fourth-order valence-corrected chi connectivity index (χ4v) is 5.56. The summed E-state index contributed by atoms with van der Waals surface area (Å²) in [5, 5.41) is 0. The van der Waals surface area contributed by atoms with E-state index in [0.717, 1.165) is 33.6 Å². The number of piperazine rings is 1. The van der Waals surface area contributed by atoms with Crippen molar-refractivity contribution in [2.24, 2.45) is 0 Å². The lowest BCUT2D eigenvalue weighted by molar-refractivity contribution is -0.137. The summed E-state index contributed by atoms with van der Waals surface area (Å²) in [5.41, 5.74) is 0.476. The van der Waals surface area contributed by atoms with E-state index >= 15 is 0 Å². The molecule has 1 aliphatic heterocycles. The van der Waals surface area contributed by atoms with Crippen LogP contribution in [0.2, 0.25) is 0 Å². The van der Waals surface area contributed by atoms with Crippen molar-refractivity contribution >= 4 is 10.0 Å². The molecule has 0 radical (unpaired) electrons. The second-order valence-electron chi connectivity index (χ2n) is 7.97. The van der Waals surface area contributed by atoms with Crippen molar-refractivity contribution < 1.29 is 30.4 Å². The van der Waals surface area contributed by atoms with Crippen LogP contribution in [-0.2, 0) is 16.2 Å². The lowest BCUT2D eigenvalue weighted by Crippen LogP contribution is -2.49. The van der Waals surface area contributed by atoms with Gasteiger partial charge in [0.1, 0.15) is 11.6 Å². The van der Waals surface area contributed by atoms with Gasteiger partial charge in [0.15, 0.2) is 0 Å². The molecule has 0 unspecified atom stereocenters. The highest BCUT2D eigenvalue weighted by Gasteiger charge is 2.35. The van der Waals surface area contributed by atoms with E-state index in [1.165, 1.54) is 24.3 Å². The predicted octanol–water partition coefficient (Wildman–Crippen LogP) is 5.08. The molecular weight excluding hydrogens is 475 g/mol. The van der Waals surface area contributed by atoms with Gasteiger partial charge in [-0.15, -0.1) is 0 Å². The van der Waals surface area contributed by atoms with Gasteiger partial charge in [0.05, 0.1) is 16.5 Å². The lowest BCUT2D eigenvalue weighted by atomic mass is 9.96. The minimum Gasteiger partial charge on any atom is -0.290 e. The van der Waals surface area contributed by atoms with E-state index in [9.17, 15) is 30.4 Å². The largest absolute Gasteiger partial charge is 0.416 e. The second kappa shape index (κ2) is 9.44. The number of halogens is 5. The molecule has 180 valence electrons. The Morgan fingerprint density at radius 1 is 0.735 bits per heavy atom. The Morgan fingerprint density at radius 3 is 1.71 bits per heavy atom. The topological polar surface area (TPSA) is 40.6 Å². The highest BCUT2D eigenvalue weighted by Crippen LogP contribution is 2.33. The third-order valence-electron chi connectivity index (χ3n) is 5.81. The maximum Gasteiger partial charge on any atom is 0.416 e. The maximum absolute atomic E-state index is 13.5. The van der Waals surface area contributed by atoms with Gasteiger partial charge < -0.3 is 0 Å². The first-order valence-electron chi connectivity index (χ1n) is 10.5. The summed E-state index contributed by atoms with van der Waals surface area (Å²) in [5.74, 6) is -0.808. The molecule has 0 aromatic heterocycles. The number of hydrogen-bond acceptors (Lipinski definition) is 3. The van der Waals surface area contributed by atoms with E-state index in [4.69, 9.17) is 0 Å². The number of alkyl halides is 3. The van der Waals surface area contributed by atoms with Gasteiger partial charge in [-0.3, -0.25) is 4.90 Å². The molecule has 4 rings (SSSR count). The number of nitrogens with zero attached hydrogens (tertiary/aromatic N) is 2. The van der Waals surface area contributed by atoms with Gasteiger partial charge in [-0.25, -0.2) is 17.2 Å². The fraction of sp³-hybridized carbons (Fsp3) is 0.250. The molecule has 0 amide bonds. The molecule has 3 aromatic carbocycles. The fourth-order valence-electron chi connectivity index (χ4n) is 4.09. The van der Waals surface area contributed by atoms with Crippen LogP contribution in [0.3, 0.4) is 0 Å². The summed E-state index contributed by atoms with van der Waals surface area (Å²) in [4.78, 5) is 1.57. The Balaban J connectivity index is 1.57. The maximum atomic E-state index is 13.5. The zero-order chi connectivity index (χ0) is 24.5. The molecule has 1 aliphatic rings. The minimum absolute atomic E-state index is 0.0530. The highest BCUT2D eigenvalue weighted by molar-refractivity contribution is 7.89. The van der Waals surface area contributed by atoms with Gasteiger partial charge in [0, 0.05) is 26.2 Å². The molecule has 0 bridgehead atoms. The Morgan fingerprint density at radius 2 is 1.24 bits per heavy atom. The van der Waals surface area contributed by atoms with Crippen molar-refractivity contribution in [3.05, 3.63) is 101 Å². The van der Waals surface area contributed by atoms with Crippen LogP contribution in [0, 0.1) is 11.6 Å². The quantitative estimate of drug-likeness (QED) is 0.463. The number of hydrogen-bond donors (Lipinski definition) is 0. The normalized spacial score (nSPS) is 16.2. The van der Waals surface area contributed by atoms with Crippen LogP contribution >= 0.6 is 0 Å². The molecule has 0 saturated carbocycles. The van der Waals surface area contributed by atoms with Gasteiger partial charge in [0.25, 0.3) is 0 Å². The van der Waals surface area contributed by atoms with Gasteiger partial charge in [0.2, 0.25) is 10.0 Å². The average Bonchev–Trinajstić information content (AvgIpc) is 2.82. The molecule has 0 aliphatic carbocycles. The predicted molar refractivity (Wildman–Crippen MR) is 116 cm³/mol. The van der Waals surface area contributed by atoms with Crippen LogP contribution in [-0.4, -0.2) is 43.8 Å². The highest BCUT2D eigenvalue weighted by atomic mass is 32.2. The summed E-state index contributed by atoms with van der Waals surface area (Å²) in [6.07, 6.45) is -4.65. The number of sulfonamides is 1. The van der Waals surface area contributed by atoms with Crippen LogP contribution in [0.25, 0.3) is 0 Å². The molecule has 34 heavy (non-hydrogen) atoms. The molecule has 0 atom stereocenters. The van der Waals surface area contributed by atoms with Gasteiger partial charge in [-0.05, 0) is 53.6 Å². The van der Waals surface area contributed by atoms with Crippen LogP contribution in [0.5, 0.6) is 0 Å². The lowest BCUT2D eigenvalue weighted by Gasteiger charge is -2.39. The molecule has 1 saturated heterocycles. The van der Waals surface area contributed by atoms with E-state index in [-0.39, 0.29) is 32.2 Å². The first-order chi connectivity index (χ1) is 16.1.